The number of amidine groups is 1. The molecule has 0 amide bonds. The summed E-state index contributed by atoms with van der Waals surface area (Å²) in [5, 5.41) is 3.34. The molecule has 0 bridgehead atoms. The van der Waals surface area contributed by atoms with Crippen LogP contribution < -0.4 is 5.73 Å². The number of H-pyrrole nitrogens is 1. The lowest BCUT2D eigenvalue weighted by Gasteiger charge is -1.93. The smallest absolute Gasteiger partial charge is 0.381 e. The largest absolute Gasteiger partial charge is 0.385 e. The summed E-state index contributed by atoms with van der Waals surface area (Å²) in [5.74, 6) is -0.338. The number of nitrogens with two attached hydrogens (primary N) is 1. The van der Waals surface area contributed by atoms with Gasteiger partial charge in [0.2, 0.25) is 0 Å². The maximum Gasteiger partial charge on any atom is 0.381 e. The molecule has 0 aliphatic rings. The van der Waals surface area contributed by atoms with Crippen molar-refractivity contribution in [3.8, 4) is 0 Å². The third-order valence-electron chi connectivity index (χ3n) is 1.32. The summed E-state index contributed by atoms with van der Waals surface area (Å²) < 4.78 is 0. The van der Waals surface area contributed by atoms with Gasteiger partial charge in [-0.2, -0.15) is 0 Å². The van der Waals surface area contributed by atoms with Gasteiger partial charge in [-0.05, 0) is 25.5 Å². The van der Waals surface area contributed by atoms with Crippen LogP contribution in [-0.4, -0.2) is 16.8 Å². The van der Waals surface area contributed by atoms with Gasteiger partial charge in [0.15, 0.2) is 0 Å². The molecule has 0 saturated heterocycles. The fraction of sp³-hybridized carbons (Fsp3) is 0.250. The monoisotopic (exact) mass is 181 g/mol. The Balaban J connectivity index is 2.64. The molecule has 5 nitrogen and oxygen atoms in total. The average Bonchev–Trinajstić information content (AvgIpc) is 2.47. The van der Waals surface area contributed by atoms with E-state index in [1.807, 2.05) is 6.92 Å². The van der Waals surface area contributed by atoms with Crippen molar-refractivity contribution in [3.05, 3.63) is 23.5 Å². The molecule has 70 valence electrons. The molecule has 13 heavy (non-hydrogen) atoms. The molecule has 1 aromatic heterocycles. The van der Waals surface area contributed by atoms with Crippen molar-refractivity contribution >= 4 is 11.8 Å². The highest BCUT2D eigenvalue weighted by atomic mass is 16.7. The van der Waals surface area contributed by atoms with Gasteiger partial charge in [0.05, 0.1) is 0 Å². The third-order valence-corrected chi connectivity index (χ3v) is 1.32. The van der Waals surface area contributed by atoms with Crippen molar-refractivity contribution in [3.63, 3.8) is 0 Å². The van der Waals surface area contributed by atoms with E-state index in [1.54, 1.807) is 12.3 Å². The number of nitrogens with zero attached hydrogens (tertiary/aromatic N) is 1. The molecule has 0 aliphatic carbocycles. The van der Waals surface area contributed by atoms with Crippen molar-refractivity contribution in [2.24, 2.45) is 10.9 Å². The zero-order chi connectivity index (χ0) is 9.84. The maximum absolute atomic E-state index is 11.1. The van der Waals surface area contributed by atoms with E-state index in [4.69, 9.17) is 5.73 Å². The van der Waals surface area contributed by atoms with Gasteiger partial charge >= 0.3 is 5.97 Å². The van der Waals surface area contributed by atoms with Gasteiger partial charge in [0, 0.05) is 6.20 Å². The molecule has 0 saturated carbocycles. The van der Waals surface area contributed by atoms with E-state index >= 15 is 0 Å². The van der Waals surface area contributed by atoms with Crippen molar-refractivity contribution in [2.75, 3.05) is 0 Å². The van der Waals surface area contributed by atoms with Crippen molar-refractivity contribution in [2.45, 2.75) is 13.8 Å². The Hall–Kier alpha value is -1.78. The van der Waals surface area contributed by atoms with Gasteiger partial charge in [-0.25, -0.2) is 4.79 Å². The Morgan fingerprint density at radius 3 is 2.85 bits per heavy atom. The van der Waals surface area contributed by atoms with E-state index in [0.717, 1.165) is 5.56 Å². The molecule has 0 aromatic carbocycles. The summed E-state index contributed by atoms with van der Waals surface area (Å²) in [6.45, 7) is 3.40. The van der Waals surface area contributed by atoms with E-state index in [-0.39, 0.29) is 5.84 Å². The highest BCUT2D eigenvalue weighted by molar-refractivity contribution is 5.88. The number of aromatic amines is 1. The minimum absolute atomic E-state index is 0.205. The van der Waals surface area contributed by atoms with Gasteiger partial charge < -0.3 is 15.6 Å². The van der Waals surface area contributed by atoms with E-state index in [9.17, 15) is 4.79 Å². The fourth-order valence-corrected chi connectivity index (χ4v) is 0.783. The summed E-state index contributed by atoms with van der Waals surface area (Å²) in [4.78, 5) is 18.4. The van der Waals surface area contributed by atoms with Crippen LogP contribution in [0.5, 0.6) is 0 Å². The SMILES string of the molecule is CC(N)=NOC(=O)c1cc(C)c[nH]1. The van der Waals surface area contributed by atoms with Gasteiger partial charge in [-0.1, -0.05) is 5.16 Å². The second-order valence-electron chi connectivity index (χ2n) is 2.70. The second kappa shape index (κ2) is 3.75. The Morgan fingerprint density at radius 2 is 2.38 bits per heavy atom. The first-order valence-corrected chi connectivity index (χ1v) is 3.76. The maximum atomic E-state index is 11.1. The van der Waals surface area contributed by atoms with Crippen LogP contribution in [0.2, 0.25) is 0 Å². The molecule has 0 aliphatic heterocycles. The molecule has 0 atom stereocenters. The van der Waals surface area contributed by atoms with Crippen LogP contribution in [-0.2, 0) is 4.84 Å². The first-order valence-electron chi connectivity index (χ1n) is 3.76. The predicted octanol–water partition coefficient (Wildman–Crippen LogP) is 0.772. The Bertz CT molecular complexity index is 337. The van der Waals surface area contributed by atoms with Crippen molar-refractivity contribution in [1.29, 1.82) is 0 Å². The van der Waals surface area contributed by atoms with Crippen LogP contribution in [0.3, 0.4) is 0 Å². The topological polar surface area (TPSA) is 80.5 Å². The highest BCUT2D eigenvalue weighted by Gasteiger charge is 2.08. The summed E-state index contributed by atoms with van der Waals surface area (Å²) in [7, 11) is 0. The van der Waals surface area contributed by atoms with Gasteiger partial charge in [0.1, 0.15) is 11.5 Å². The lowest BCUT2D eigenvalue weighted by Crippen LogP contribution is -2.09. The van der Waals surface area contributed by atoms with Crippen molar-refractivity contribution < 1.29 is 9.63 Å². The van der Waals surface area contributed by atoms with E-state index in [1.165, 1.54) is 6.92 Å². The number of aromatic nitrogens is 1. The molecule has 0 fully saturated rings. The zero-order valence-corrected chi connectivity index (χ0v) is 7.50. The highest BCUT2D eigenvalue weighted by Crippen LogP contribution is 2.03. The van der Waals surface area contributed by atoms with E-state index in [2.05, 4.69) is 15.0 Å². The van der Waals surface area contributed by atoms with Crippen LogP contribution in [0.1, 0.15) is 23.0 Å². The minimum Gasteiger partial charge on any atom is -0.385 e. The molecule has 1 heterocycles. The second-order valence-corrected chi connectivity index (χ2v) is 2.70. The van der Waals surface area contributed by atoms with Gasteiger partial charge in [0.25, 0.3) is 0 Å². The first-order chi connectivity index (χ1) is 6.09. The fourth-order valence-electron chi connectivity index (χ4n) is 0.783. The molecule has 3 N–H and O–H groups in total. The third kappa shape index (κ3) is 2.62. The van der Waals surface area contributed by atoms with Gasteiger partial charge in [-0.15, -0.1) is 0 Å². The molecule has 0 radical (unpaired) electrons. The summed E-state index contributed by atoms with van der Waals surface area (Å²) in [5.41, 5.74) is 6.51. The van der Waals surface area contributed by atoms with Crippen molar-refractivity contribution in [1.82, 2.24) is 4.98 Å². The zero-order valence-electron chi connectivity index (χ0n) is 7.50. The number of aryl methyl sites for hydroxylation is 1. The number of carbonyl (C=O) groups excluding carboxylic acids is 1. The van der Waals surface area contributed by atoms with Crippen LogP contribution in [0.15, 0.2) is 17.4 Å². The van der Waals surface area contributed by atoms with E-state index in [0.29, 0.717) is 5.69 Å². The number of hydrogen-bond acceptors (Lipinski definition) is 3. The van der Waals surface area contributed by atoms with Crippen LogP contribution >= 0.6 is 0 Å². The predicted molar refractivity (Wildman–Crippen MR) is 48.2 cm³/mol. The average molecular weight is 181 g/mol. The van der Waals surface area contributed by atoms with Crippen LogP contribution in [0.4, 0.5) is 0 Å². The summed E-state index contributed by atoms with van der Waals surface area (Å²) in [6, 6.07) is 1.67. The molecule has 1 rings (SSSR count). The quantitative estimate of drug-likeness (QED) is 0.306. The number of oxime groups is 1. The van der Waals surface area contributed by atoms with Crippen LogP contribution in [0.25, 0.3) is 0 Å². The minimum atomic E-state index is -0.544. The summed E-state index contributed by atoms with van der Waals surface area (Å²) in [6.07, 6.45) is 1.70. The Labute approximate surface area is 75.6 Å². The first kappa shape index (κ1) is 9.31. The molecule has 5 heteroatoms. The molecular weight excluding hydrogens is 170 g/mol. The number of nitrogens with one attached hydrogen (secondary N) is 1. The van der Waals surface area contributed by atoms with Crippen LogP contribution in [0, 0.1) is 6.92 Å². The lowest BCUT2D eigenvalue weighted by molar-refractivity contribution is 0.0509. The molecule has 0 spiro atoms. The number of carbonyl (C=O) groups is 1. The molecule has 1 aromatic rings. The Kier molecular flexibility index (Phi) is 2.69. The molecule has 0 unspecified atom stereocenters. The Morgan fingerprint density at radius 1 is 1.69 bits per heavy atom. The standard InChI is InChI=1S/C8H11N3O2/c1-5-3-7(10-4-5)8(12)13-11-6(2)9/h3-4,10H,1-2H3,(H2,9,11). The van der Waals surface area contributed by atoms with Gasteiger partial charge in [-0.3, -0.25) is 0 Å². The molecular formula is C8H11N3O2. The number of rotatable bonds is 2. The summed E-state index contributed by atoms with van der Waals surface area (Å²) >= 11 is 0. The number of hydrogen-bond donors (Lipinski definition) is 2. The van der Waals surface area contributed by atoms with E-state index < -0.39 is 5.97 Å². The lowest BCUT2D eigenvalue weighted by atomic mass is 10.3. The normalized spacial score (nSPS) is 11.4.